The Bertz CT molecular complexity index is 737. The average Bonchev–Trinajstić information content (AvgIpc) is 3.12. The van der Waals surface area contributed by atoms with Crippen LogP contribution in [0.25, 0.3) is 0 Å². The van der Waals surface area contributed by atoms with Gasteiger partial charge in [0.05, 0.1) is 0 Å². The molecule has 4 unspecified atom stereocenters. The highest BCUT2D eigenvalue weighted by atomic mass is 35.5. The van der Waals surface area contributed by atoms with Gasteiger partial charge in [-0.2, -0.15) is 0 Å². The number of ether oxygens (including phenoxy) is 1. The minimum Gasteiger partial charge on any atom is -0.444 e. The van der Waals surface area contributed by atoms with E-state index in [2.05, 4.69) is 38.8 Å². The van der Waals surface area contributed by atoms with Crippen molar-refractivity contribution < 1.29 is 9.53 Å². The summed E-state index contributed by atoms with van der Waals surface area (Å²) in [5, 5.41) is 0.834. The standard InChI is InChI=1S/C24H37ClN2O2/c1-23(2,3)21-19-13-18(26(7)14-16-10-8-9-11-20(16)25)12-17(19)15-27(21)22(28)29-24(4,5)6/h8-11,17-19,21H,12-15H2,1-7H3. The fourth-order valence-electron chi connectivity index (χ4n) is 5.32. The van der Waals surface area contributed by atoms with Crippen LogP contribution in [-0.2, 0) is 11.3 Å². The van der Waals surface area contributed by atoms with Crippen LogP contribution in [0.5, 0.6) is 0 Å². The number of nitrogens with zero attached hydrogens (tertiary/aromatic N) is 2. The van der Waals surface area contributed by atoms with E-state index in [1.165, 1.54) is 5.56 Å². The van der Waals surface area contributed by atoms with E-state index in [-0.39, 0.29) is 17.6 Å². The molecular formula is C24H37ClN2O2. The summed E-state index contributed by atoms with van der Waals surface area (Å²) in [6.45, 7) is 14.2. The van der Waals surface area contributed by atoms with Crippen LogP contribution in [0.4, 0.5) is 4.79 Å². The zero-order chi connectivity index (χ0) is 21.6. The number of hydrogen-bond acceptors (Lipinski definition) is 3. The minimum atomic E-state index is -0.463. The van der Waals surface area contributed by atoms with Crippen LogP contribution in [0.3, 0.4) is 0 Å². The lowest BCUT2D eigenvalue weighted by Crippen LogP contribution is -2.48. The Kier molecular flexibility index (Phi) is 6.27. The van der Waals surface area contributed by atoms with Crippen LogP contribution in [0.15, 0.2) is 24.3 Å². The van der Waals surface area contributed by atoms with Crippen molar-refractivity contribution >= 4 is 17.7 Å². The average molecular weight is 421 g/mol. The summed E-state index contributed by atoms with van der Waals surface area (Å²) in [7, 11) is 2.20. The van der Waals surface area contributed by atoms with Crippen LogP contribution >= 0.6 is 11.6 Å². The normalized spacial score (nSPS) is 27.4. The lowest BCUT2D eigenvalue weighted by atomic mass is 9.77. The van der Waals surface area contributed by atoms with Gasteiger partial charge in [-0.25, -0.2) is 4.79 Å². The zero-order valence-corrected chi connectivity index (χ0v) is 19.8. The largest absolute Gasteiger partial charge is 0.444 e. The fraction of sp³-hybridized carbons (Fsp3) is 0.708. The first-order valence-electron chi connectivity index (χ1n) is 10.8. The third-order valence-corrected chi connectivity index (χ3v) is 6.78. The Labute approximate surface area is 181 Å². The maximum absolute atomic E-state index is 12.9. The molecule has 1 amide bonds. The molecule has 0 bridgehead atoms. The Morgan fingerprint density at radius 3 is 2.41 bits per heavy atom. The first-order chi connectivity index (χ1) is 13.4. The lowest BCUT2D eigenvalue weighted by Gasteiger charge is -2.39. The maximum atomic E-state index is 12.9. The Hall–Kier alpha value is -1.26. The van der Waals surface area contributed by atoms with Gasteiger partial charge < -0.3 is 9.64 Å². The number of benzene rings is 1. The predicted molar refractivity (Wildman–Crippen MR) is 119 cm³/mol. The van der Waals surface area contributed by atoms with Gasteiger partial charge in [-0.15, -0.1) is 0 Å². The quantitative estimate of drug-likeness (QED) is 0.616. The molecule has 29 heavy (non-hydrogen) atoms. The molecule has 0 N–H and O–H groups in total. The molecule has 1 heterocycles. The second kappa shape index (κ2) is 8.11. The summed E-state index contributed by atoms with van der Waals surface area (Å²) in [6, 6.07) is 8.82. The highest BCUT2D eigenvalue weighted by Crippen LogP contribution is 2.49. The number of carbonyl (C=O) groups is 1. The van der Waals surface area contributed by atoms with Crippen molar-refractivity contribution in [3.8, 4) is 0 Å². The second-order valence-corrected chi connectivity index (χ2v) is 11.4. The molecule has 0 spiro atoms. The fourth-order valence-corrected chi connectivity index (χ4v) is 5.52. The van der Waals surface area contributed by atoms with Gasteiger partial charge in [-0.05, 0) is 69.5 Å². The molecule has 1 saturated carbocycles. The predicted octanol–water partition coefficient (Wildman–Crippen LogP) is 5.83. The van der Waals surface area contributed by atoms with Gasteiger partial charge in [0, 0.05) is 30.2 Å². The topological polar surface area (TPSA) is 32.8 Å². The molecule has 5 heteroatoms. The van der Waals surface area contributed by atoms with Crippen molar-refractivity contribution in [1.82, 2.24) is 9.80 Å². The molecule has 0 aromatic heterocycles. The van der Waals surface area contributed by atoms with Gasteiger partial charge in [0.15, 0.2) is 0 Å². The van der Waals surface area contributed by atoms with Crippen molar-refractivity contribution in [1.29, 1.82) is 0 Å². The molecule has 1 aliphatic heterocycles. The summed E-state index contributed by atoms with van der Waals surface area (Å²) in [5.41, 5.74) is 0.734. The summed E-state index contributed by atoms with van der Waals surface area (Å²) in [5.74, 6) is 1.05. The molecule has 3 rings (SSSR count). The maximum Gasteiger partial charge on any atom is 0.410 e. The highest BCUT2D eigenvalue weighted by molar-refractivity contribution is 6.31. The van der Waals surface area contributed by atoms with E-state index in [1.807, 2.05) is 43.9 Å². The molecule has 1 aromatic carbocycles. The molecule has 1 aliphatic carbocycles. The zero-order valence-electron chi connectivity index (χ0n) is 19.0. The van der Waals surface area contributed by atoms with E-state index in [1.54, 1.807) is 0 Å². The van der Waals surface area contributed by atoms with Gasteiger partial charge in [-0.3, -0.25) is 4.90 Å². The van der Waals surface area contributed by atoms with E-state index in [9.17, 15) is 4.79 Å². The number of amides is 1. The first kappa shape index (κ1) is 22.4. The monoisotopic (exact) mass is 420 g/mol. The van der Waals surface area contributed by atoms with E-state index >= 15 is 0 Å². The highest BCUT2D eigenvalue weighted by Gasteiger charge is 2.54. The summed E-state index contributed by atoms with van der Waals surface area (Å²) in [4.78, 5) is 17.4. The molecule has 4 atom stereocenters. The molecular weight excluding hydrogens is 384 g/mol. The van der Waals surface area contributed by atoms with Crippen molar-refractivity contribution in [2.45, 2.75) is 78.6 Å². The number of rotatable bonds is 3. The van der Waals surface area contributed by atoms with Gasteiger partial charge in [-0.1, -0.05) is 50.6 Å². The number of fused-ring (bicyclic) bond motifs is 1. The summed E-state index contributed by atoms with van der Waals surface area (Å²) < 4.78 is 5.74. The summed E-state index contributed by atoms with van der Waals surface area (Å²) >= 11 is 6.38. The molecule has 4 nitrogen and oxygen atoms in total. The molecule has 2 fully saturated rings. The number of carbonyl (C=O) groups excluding carboxylic acids is 1. The van der Waals surface area contributed by atoms with Gasteiger partial charge in [0.25, 0.3) is 0 Å². The van der Waals surface area contributed by atoms with Crippen LogP contribution in [0.2, 0.25) is 5.02 Å². The molecule has 1 aromatic rings. The third kappa shape index (κ3) is 5.08. The van der Waals surface area contributed by atoms with Crippen LogP contribution in [-0.4, -0.2) is 47.2 Å². The van der Waals surface area contributed by atoms with Gasteiger partial charge in [0.2, 0.25) is 0 Å². The Morgan fingerprint density at radius 2 is 1.83 bits per heavy atom. The first-order valence-corrected chi connectivity index (χ1v) is 11.2. The molecule has 0 radical (unpaired) electrons. The Balaban J connectivity index is 1.72. The molecule has 2 aliphatic rings. The van der Waals surface area contributed by atoms with Crippen LogP contribution in [0.1, 0.15) is 59.9 Å². The van der Waals surface area contributed by atoms with E-state index in [0.29, 0.717) is 17.9 Å². The smallest absolute Gasteiger partial charge is 0.410 e. The number of hydrogen-bond donors (Lipinski definition) is 0. The van der Waals surface area contributed by atoms with Crippen molar-refractivity contribution in [2.75, 3.05) is 13.6 Å². The van der Waals surface area contributed by atoms with Gasteiger partial charge in [0.1, 0.15) is 5.60 Å². The number of likely N-dealkylation sites (tertiary alicyclic amines) is 1. The summed E-state index contributed by atoms with van der Waals surface area (Å²) in [6.07, 6.45) is 2.08. The van der Waals surface area contributed by atoms with Crippen molar-refractivity contribution in [3.05, 3.63) is 34.9 Å². The molecule has 162 valence electrons. The van der Waals surface area contributed by atoms with E-state index in [0.717, 1.165) is 31.0 Å². The number of halogens is 1. The van der Waals surface area contributed by atoms with E-state index < -0.39 is 5.60 Å². The van der Waals surface area contributed by atoms with Crippen LogP contribution < -0.4 is 0 Å². The Morgan fingerprint density at radius 1 is 1.17 bits per heavy atom. The van der Waals surface area contributed by atoms with Crippen molar-refractivity contribution in [3.63, 3.8) is 0 Å². The van der Waals surface area contributed by atoms with Crippen LogP contribution in [0, 0.1) is 17.3 Å². The second-order valence-electron chi connectivity index (χ2n) is 11.0. The lowest BCUT2D eigenvalue weighted by molar-refractivity contribution is 0.00604. The minimum absolute atomic E-state index is 0.0204. The van der Waals surface area contributed by atoms with Crippen molar-refractivity contribution in [2.24, 2.45) is 17.3 Å². The molecule has 1 saturated heterocycles. The van der Waals surface area contributed by atoms with E-state index in [4.69, 9.17) is 16.3 Å². The van der Waals surface area contributed by atoms with Gasteiger partial charge >= 0.3 is 6.09 Å². The SMILES string of the molecule is CN(Cc1ccccc1Cl)C1CC2CN(C(=O)OC(C)(C)C)C(C(C)(C)C)C2C1. The third-order valence-electron chi connectivity index (χ3n) is 6.41.